The summed E-state index contributed by atoms with van der Waals surface area (Å²) >= 11 is 0. The Morgan fingerprint density at radius 3 is 2.92 bits per heavy atom. The quantitative estimate of drug-likeness (QED) is 0.703. The molecule has 1 N–H and O–H groups in total. The van der Waals surface area contributed by atoms with E-state index in [4.69, 9.17) is 0 Å². The zero-order valence-corrected chi connectivity index (χ0v) is 7.89. The fourth-order valence-electron chi connectivity index (χ4n) is 1.01. The summed E-state index contributed by atoms with van der Waals surface area (Å²) in [5.74, 6) is 0. The van der Waals surface area contributed by atoms with E-state index in [2.05, 4.69) is 10.3 Å². The first-order chi connectivity index (χ1) is 6.33. The molecule has 0 radical (unpaired) electrons. The van der Waals surface area contributed by atoms with Crippen molar-refractivity contribution in [1.29, 1.82) is 0 Å². The van der Waals surface area contributed by atoms with Crippen LogP contribution in [0.1, 0.15) is 17.7 Å². The SMILES string of the molecule is Cc1ccc(CNCCCF)nc1. The van der Waals surface area contributed by atoms with Crippen molar-refractivity contribution in [2.75, 3.05) is 13.2 Å². The van der Waals surface area contributed by atoms with Crippen LogP contribution < -0.4 is 5.32 Å². The molecule has 0 bridgehead atoms. The van der Waals surface area contributed by atoms with Gasteiger partial charge in [-0.05, 0) is 31.5 Å². The Balaban J connectivity index is 2.25. The van der Waals surface area contributed by atoms with Gasteiger partial charge in [-0.1, -0.05) is 6.07 Å². The maximum atomic E-state index is 11.7. The Morgan fingerprint density at radius 2 is 2.31 bits per heavy atom. The number of pyridine rings is 1. The molecule has 2 nitrogen and oxygen atoms in total. The third kappa shape index (κ3) is 3.99. The molecule has 1 rings (SSSR count). The van der Waals surface area contributed by atoms with Crippen molar-refractivity contribution >= 4 is 0 Å². The van der Waals surface area contributed by atoms with Crippen molar-refractivity contribution in [1.82, 2.24) is 10.3 Å². The van der Waals surface area contributed by atoms with Crippen molar-refractivity contribution in [3.05, 3.63) is 29.6 Å². The lowest BCUT2D eigenvalue weighted by atomic mass is 10.3. The smallest absolute Gasteiger partial charge is 0.0906 e. The molecular formula is C10H15FN2. The highest BCUT2D eigenvalue weighted by atomic mass is 19.1. The number of rotatable bonds is 5. The van der Waals surface area contributed by atoms with Gasteiger partial charge in [-0.15, -0.1) is 0 Å². The zero-order chi connectivity index (χ0) is 9.52. The van der Waals surface area contributed by atoms with Crippen LogP contribution in [0.2, 0.25) is 0 Å². The predicted molar refractivity (Wildman–Crippen MR) is 51.3 cm³/mol. The molecule has 72 valence electrons. The number of aryl methyl sites for hydroxylation is 1. The van der Waals surface area contributed by atoms with E-state index in [0.717, 1.165) is 17.8 Å². The molecule has 0 atom stereocenters. The summed E-state index contributed by atoms with van der Waals surface area (Å²) < 4.78 is 11.7. The maximum absolute atomic E-state index is 11.7. The van der Waals surface area contributed by atoms with Crippen LogP contribution in [0.15, 0.2) is 18.3 Å². The molecule has 0 amide bonds. The monoisotopic (exact) mass is 182 g/mol. The Bertz CT molecular complexity index is 233. The van der Waals surface area contributed by atoms with E-state index in [-0.39, 0.29) is 6.67 Å². The van der Waals surface area contributed by atoms with Crippen molar-refractivity contribution < 1.29 is 4.39 Å². The number of aromatic nitrogens is 1. The highest BCUT2D eigenvalue weighted by molar-refractivity contribution is 5.11. The molecule has 1 heterocycles. The van der Waals surface area contributed by atoms with Crippen LogP contribution in [0, 0.1) is 6.92 Å². The van der Waals surface area contributed by atoms with Crippen molar-refractivity contribution in [3.63, 3.8) is 0 Å². The highest BCUT2D eigenvalue weighted by Crippen LogP contribution is 1.97. The van der Waals surface area contributed by atoms with E-state index < -0.39 is 0 Å². The summed E-state index contributed by atoms with van der Waals surface area (Å²) in [4.78, 5) is 4.22. The number of alkyl halides is 1. The minimum Gasteiger partial charge on any atom is -0.311 e. The van der Waals surface area contributed by atoms with E-state index in [1.165, 1.54) is 0 Å². The minimum absolute atomic E-state index is 0.256. The van der Waals surface area contributed by atoms with E-state index in [1.54, 1.807) is 0 Å². The molecule has 0 aliphatic heterocycles. The molecule has 0 saturated heterocycles. The first-order valence-electron chi connectivity index (χ1n) is 4.51. The minimum atomic E-state index is -0.256. The van der Waals surface area contributed by atoms with Crippen LogP contribution in [0.5, 0.6) is 0 Å². The molecule has 0 fully saturated rings. The van der Waals surface area contributed by atoms with Crippen LogP contribution in [0.4, 0.5) is 4.39 Å². The van der Waals surface area contributed by atoms with Crippen LogP contribution in [-0.4, -0.2) is 18.2 Å². The molecule has 1 aromatic rings. The second-order valence-electron chi connectivity index (χ2n) is 3.05. The molecule has 0 saturated carbocycles. The van der Waals surface area contributed by atoms with E-state index in [9.17, 15) is 4.39 Å². The normalized spacial score (nSPS) is 10.3. The van der Waals surface area contributed by atoms with E-state index in [0.29, 0.717) is 13.0 Å². The lowest BCUT2D eigenvalue weighted by Crippen LogP contribution is -2.15. The first kappa shape index (κ1) is 10.1. The maximum Gasteiger partial charge on any atom is 0.0906 e. The predicted octanol–water partition coefficient (Wildman–Crippen LogP) is 1.84. The number of halogens is 1. The van der Waals surface area contributed by atoms with Crippen LogP contribution in [-0.2, 0) is 6.54 Å². The second kappa shape index (κ2) is 5.65. The van der Waals surface area contributed by atoms with Gasteiger partial charge in [0.25, 0.3) is 0 Å². The van der Waals surface area contributed by atoms with Gasteiger partial charge in [0.1, 0.15) is 0 Å². The summed E-state index contributed by atoms with van der Waals surface area (Å²) in [5.41, 5.74) is 2.16. The Labute approximate surface area is 78.2 Å². The number of nitrogens with zero attached hydrogens (tertiary/aromatic N) is 1. The molecule has 1 aromatic heterocycles. The Morgan fingerprint density at radius 1 is 1.46 bits per heavy atom. The second-order valence-corrected chi connectivity index (χ2v) is 3.05. The zero-order valence-electron chi connectivity index (χ0n) is 7.89. The lowest BCUT2D eigenvalue weighted by molar-refractivity contribution is 0.458. The van der Waals surface area contributed by atoms with Gasteiger partial charge in [0.15, 0.2) is 0 Å². The molecule has 3 heteroatoms. The lowest BCUT2D eigenvalue weighted by Gasteiger charge is -2.02. The molecule has 0 aliphatic carbocycles. The van der Waals surface area contributed by atoms with Gasteiger partial charge in [0.2, 0.25) is 0 Å². The van der Waals surface area contributed by atoms with E-state index in [1.807, 2.05) is 25.3 Å². The van der Waals surface area contributed by atoms with Gasteiger partial charge in [-0.3, -0.25) is 9.37 Å². The third-order valence-electron chi connectivity index (χ3n) is 1.77. The molecule has 0 aliphatic rings. The summed E-state index contributed by atoms with van der Waals surface area (Å²) in [7, 11) is 0. The Hall–Kier alpha value is -0.960. The van der Waals surface area contributed by atoms with Gasteiger partial charge in [-0.2, -0.15) is 0 Å². The average Bonchev–Trinajstić information content (AvgIpc) is 2.15. The van der Waals surface area contributed by atoms with Crippen LogP contribution in [0.25, 0.3) is 0 Å². The summed E-state index contributed by atoms with van der Waals surface area (Å²) in [6.07, 6.45) is 2.41. The molecular weight excluding hydrogens is 167 g/mol. The highest BCUT2D eigenvalue weighted by Gasteiger charge is 1.92. The molecule has 0 spiro atoms. The fraction of sp³-hybridized carbons (Fsp3) is 0.500. The topological polar surface area (TPSA) is 24.9 Å². The largest absolute Gasteiger partial charge is 0.311 e. The van der Waals surface area contributed by atoms with Gasteiger partial charge in [-0.25, -0.2) is 0 Å². The van der Waals surface area contributed by atoms with Crippen LogP contribution in [0.3, 0.4) is 0 Å². The summed E-state index contributed by atoms with van der Waals surface area (Å²) in [5, 5.41) is 3.12. The van der Waals surface area contributed by atoms with E-state index >= 15 is 0 Å². The molecule has 0 unspecified atom stereocenters. The number of hydrogen-bond donors (Lipinski definition) is 1. The van der Waals surface area contributed by atoms with Gasteiger partial charge in [0, 0.05) is 12.7 Å². The Kier molecular flexibility index (Phi) is 4.40. The van der Waals surface area contributed by atoms with Gasteiger partial charge in [0.05, 0.1) is 12.4 Å². The standard InChI is InChI=1S/C10H15FN2/c1-9-3-4-10(13-7-9)8-12-6-2-5-11/h3-4,7,12H,2,5-6,8H2,1H3. The van der Waals surface area contributed by atoms with Gasteiger partial charge < -0.3 is 5.32 Å². The average molecular weight is 182 g/mol. The first-order valence-corrected chi connectivity index (χ1v) is 4.51. The number of hydrogen-bond acceptors (Lipinski definition) is 2. The molecule has 0 aromatic carbocycles. The number of nitrogens with one attached hydrogen (secondary N) is 1. The van der Waals surface area contributed by atoms with Crippen molar-refractivity contribution in [2.24, 2.45) is 0 Å². The fourth-order valence-corrected chi connectivity index (χ4v) is 1.01. The third-order valence-corrected chi connectivity index (χ3v) is 1.77. The van der Waals surface area contributed by atoms with Crippen molar-refractivity contribution in [2.45, 2.75) is 19.9 Å². The van der Waals surface area contributed by atoms with Crippen molar-refractivity contribution in [3.8, 4) is 0 Å². The van der Waals surface area contributed by atoms with Crippen LogP contribution >= 0.6 is 0 Å². The molecule has 13 heavy (non-hydrogen) atoms. The van der Waals surface area contributed by atoms with Gasteiger partial charge >= 0.3 is 0 Å². The summed E-state index contributed by atoms with van der Waals surface area (Å²) in [6, 6.07) is 4.01. The summed E-state index contributed by atoms with van der Waals surface area (Å²) in [6.45, 7) is 3.19.